The van der Waals surface area contributed by atoms with Gasteiger partial charge >= 0.3 is 0 Å². The average molecular weight is 339 g/mol. The largest absolute Gasteiger partial charge is 0.448 e. The van der Waals surface area contributed by atoms with Crippen molar-refractivity contribution < 1.29 is 9.21 Å². The van der Waals surface area contributed by atoms with Crippen molar-refractivity contribution >= 4 is 28.0 Å². The van der Waals surface area contributed by atoms with Crippen molar-refractivity contribution in [2.45, 2.75) is 26.8 Å². The first-order chi connectivity index (χ1) is 12.0. The summed E-state index contributed by atoms with van der Waals surface area (Å²) in [5, 5.41) is 0.812. The summed E-state index contributed by atoms with van der Waals surface area (Å²) in [6, 6.07) is 7.42. The molecule has 3 heterocycles. The lowest BCUT2D eigenvalue weighted by molar-refractivity contribution is -0.134. The molecule has 1 fully saturated rings. The second kappa shape index (κ2) is 6.02. The number of likely N-dealkylation sites (tertiary alicyclic amines) is 1. The Kier molecular flexibility index (Phi) is 3.82. The molecular weight excluding hydrogens is 318 g/mol. The van der Waals surface area contributed by atoms with Crippen molar-refractivity contribution in [3.05, 3.63) is 40.9 Å². The highest BCUT2D eigenvalue weighted by atomic mass is 16.3. The van der Waals surface area contributed by atoms with Gasteiger partial charge in [-0.3, -0.25) is 14.2 Å². The molecule has 6 heteroatoms. The number of fused-ring (bicyclic) bond motifs is 3. The molecule has 0 N–H and O–H groups in total. The fraction of sp³-hybridized carbons (Fsp3) is 0.421. The second-order valence-corrected chi connectivity index (χ2v) is 7.20. The average Bonchev–Trinajstić information content (AvgIpc) is 2.96. The van der Waals surface area contributed by atoms with E-state index in [0.717, 1.165) is 24.9 Å². The SMILES string of the molecule is C[C@H]1C[C@H](C)CN(C(=O)Cn2cnc3c(oc4ccccc43)c2=O)C1. The molecule has 25 heavy (non-hydrogen) atoms. The van der Waals surface area contributed by atoms with Gasteiger partial charge in [-0.1, -0.05) is 26.0 Å². The van der Waals surface area contributed by atoms with Crippen LogP contribution in [0, 0.1) is 11.8 Å². The maximum Gasteiger partial charge on any atom is 0.297 e. The zero-order valence-corrected chi connectivity index (χ0v) is 14.4. The number of aromatic nitrogens is 2. The van der Waals surface area contributed by atoms with Gasteiger partial charge < -0.3 is 9.32 Å². The van der Waals surface area contributed by atoms with Gasteiger partial charge in [-0.2, -0.15) is 0 Å². The minimum absolute atomic E-state index is 0.00173. The van der Waals surface area contributed by atoms with Gasteiger partial charge in [0.2, 0.25) is 11.5 Å². The molecule has 1 amide bonds. The minimum atomic E-state index is -0.312. The van der Waals surface area contributed by atoms with Crippen molar-refractivity contribution in [1.29, 1.82) is 0 Å². The molecule has 130 valence electrons. The number of hydrogen-bond donors (Lipinski definition) is 0. The molecule has 0 radical (unpaired) electrons. The maximum atomic E-state index is 12.7. The molecule has 0 saturated carbocycles. The van der Waals surface area contributed by atoms with Gasteiger partial charge in [0.1, 0.15) is 17.6 Å². The lowest BCUT2D eigenvalue weighted by Crippen LogP contribution is -2.44. The predicted octanol–water partition coefficient (Wildman–Crippen LogP) is 2.65. The molecule has 3 aromatic rings. The van der Waals surface area contributed by atoms with E-state index in [4.69, 9.17) is 4.42 Å². The van der Waals surface area contributed by atoms with E-state index in [1.54, 1.807) is 0 Å². The number of rotatable bonds is 2. The highest BCUT2D eigenvalue weighted by Crippen LogP contribution is 2.24. The first-order valence-electron chi connectivity index (χ1n) is 8.67. The normalized spacial score (nSPS) is 21.1. The highest BCUT2D eigenvalue weighted by Gasteiger charge is 2.26. The number of piperidine rings is 1. The van der Waals surface area contributed by atoms with Gasteiger partial charge in [0.15, 0.2) is 0 Å². The van der Waals surface area contributed by atoms with Crippen LogP contribution in [0.5, 0.6) is 0 Å². The van der Waals surface area contributed by atoms with Crippen molar-refractivity contribution in [1.82, 2.24) is 14.5 Å². The maximum absolute atomic E-state index is 12.7. The molecule has 1 aliphatic heterocycles. The molecule has 0 spiro atoms. The number of furan rings is 1. The number of amides is 1. The zero-order chi connectivity index (χ0) is 17.6. The van der Waals surface area contributed by atoms with E-state index in [2.05, 4.69) is 18.8 Å². The Morgan fingerprint density at radius 2 is 1.96 bits per heavy atom. The number of carbonyl (C=O) groups is 1. The van der Waals surface area contributed by atoms with Crippen molar-refractivity contribution in [3.63, 3.8) is 0 Å². The van der Waals surface area contributed by atoms with Crippen LogP contribution in [0.3, 0.4) is 0 Å². The third-order valence-corrected chi connectivity index (χ3v) is 4.88. The monoisotopic (exact) mass is 339 g/mol. The fourth-order valence-corrected chi connectivity index (χ4v) is 3.84. The number of hydrogen-bond acceptors (Lipinski definition) is 4. The fourth-order valence-electron chi connectivity index (χ4n) is 3.84. The minimum Gasteiger partial charge on any atom is -0.448 e. The summed E-state index contributed by atoms with van der Waals surface area (Å²) >= 11 is 0. The van der Waals surface area contributed by atoms with E-state index in [9.17, 15) is 9.59 Å². The Bertz CT molecular complexity index is 994. The van der Waals surface area contributed by atoms with Crippen molar-refractivity contribution in [3.8, 4) is 0 Å². The van der Waals surface area contributed by atoms with Crippen molar-refractivity contribution in [2.75, 3.05) is 13.1 Å². The van der Waals surface area contributed by atoms with Gasteiger partial charge in [0, 0.05) is 18.5 Å². The van der Waals surface area contributed by atoms with Gasteiger partial charge in [0.25, 0.3) is 5.56 Å². The van der Waals surface area contributed by atoms with Crippen LogP contribution in [-0.2, 0) is 11.3 Å². The molecule has 1 aromatic carbocycles. The van der Waals surface area contributed by atoms with Crippen molar-refractivity contribution in [2.24, 2.45) is 11.8 Å². The molecule has 4 rings (SSSR count). The van der Waals surface area contributed by atoms with Crippen LogP contribution < -0.4 is 5.56 Å². The van der Waals surface area contributed by atoms with Gasteiger partial charge in [-0.25, -0.2) is 4.98 Å². The van der Waals surface area contributed by atoms with Crippen LogP contribution >= 0.6 is 0 Å². The molecule has 1 saturated heterocycles. The lowest BCUT2D eigenvalue weighted by Gasteiger charge is -2.35. The van der Waals surface area contributed by atoms with E-state index >= 15 is 0 Å². The smallest absolute Gasteiger partial charge is 0.297 e. The molecule has 2 atom stereocenters. The van der Waals surface area contributed by atoms with Crippen LogP contribution in [-0.4, -0.2) is 33.4 Å². The molecular formula is C19H21N3O3. The summed E-state index contributed by atoms with van der Waals surface area (Å²) in [4.78, 5) is 31.5. The Labute approximate surface area is 145 Å². The van der Waals surface area contributed by atoms with Crippen LogP contribution in [0.15, 0.2) is 39.8 Å². The van der Waals surface area contributed by atoms with E-state index in [1.165, 1.54) is 10.9 Å². The molecule has 2 aromatic heterocycles. The molecule has 0 unspecified atom stereocenters. The number of carbonyl (C=O) groups excluding carboxylic acids is 1. The Morgan fingerprint density at radius 3 is 2.72 bits per heavy atom. The number of para-hydroxylation sites is 1. The van der Waals surface area contributed by atoms with E-state index in [0.29, 0.717) is 22.9 Å². The first kappa shape index (κ1) is 15.9. The quantitative estimate of drug-likeness (QED) is 0.720. The summed E-state index contributed by atoms with van der Waals surface area (Å²) in [5.41, 5.74) is 1.07. The summed E-state index contributed by atoms with van der Waals surface area (Å²) < 4.78 is 7.01. The standard InChI is InChI=1S/C19H21N3O3/c1-12-7-13(2)9-21(8-12)16(23)10-22-11-20-17-14-5-3-4-6-15(14)25-18(17)19(22)24/h3-6,11-13H,7-10H2,1-2H3/t12-,13-/m0/s1. The van der Waals surface area contributed by atoms with E-state index < -0.39 is 0 Å². The Morgan fingerprint density at radius 1 is 1.24 bits per heavy atom. The zero-order valence-electron chi connectivity index (χ0n) is 14.4. The van der Waals surface area contributed by atoms with Gasteiger partial charge in [-0.15, -0.1) is 0 Å². The third-order valence-electron chi connectivity index (χ3n) is 4.88. The summed E-state index contributed by atoms with van der Waals surface area (Å²) in [6.45, 7) is 5.81. The summed E-state index contributed by atoms with van der Waals surface area (Å²) in [5.74, 6) is 0.929. The third kappa shape index (κ3) is 2.81. The molecule has 0 bridgehead atoms. The highest BCUT2D eigenvalue weighted by molar-refractivity contribution is 6.01. The van der Waals surface area contributed by atoms with Crippen LogP contribution in [0.25, 0.3) is 22.1 Å². The number of benzene rings is 1. The van der Waals surface area contributed by atoms with Gasteiger partial charge in [0.05, 0.1) is 6.33 Å². The summed E-state index contributed by atoms with van der Waals surface area (Å²) in [6.07, 6.45) is 2.58. The second-order valence-electron chi connectivity index (χ2n) is 7.20. The van der Waals surface area contributed by atoms with Gasteiger partial charge in [-0.05, 0) is 30.4 Å². The van der Waals surface area contributed by atoms with Crippen LogP contribution in [0.1, 0.15) is 20.3 Å². The van der Waals surface area contributed by atoms with Crippen LogP contribution in [0.2, 0.25) is 0 Å². The summed E-state index contributed by atoms with van der Waals surface area (Å²) in [7, 11) is 0. The number of nitrogens with zero attached hydrogens (tertiary/aromatic N) is 3. The van der Waals surface area contributed by atoms with E-state index in [-0.39, 0.29) is 23.6 Å². The Hall–Kier alpha value is -2.63. The molecule has 0 aliphatic carbocycles. The Balaban J connectivity index is 1.65. The lowest BCUT2D eigenvalue weighted by atomic mass is 9.92. The predicted molar refractivity (Wildman–Crippen MR) is 95.3 cm³/mol. The molecule has 1 aliphatic rings. The van der Waals surface area contributed by atoms with Crippen LogP contribution in [0.4, 0.5) is 0 Å². The first-order valence-corrected chi connectivity index (χ1v) is 8.67. The molecule has 6 nitrogen and oxygen atoms in total. The topological polar surface area (TPSA) is 68.3 Å². The van der Waals surface area contributed by atoms with E-state index in [1.807, 2.05) is 29.2 Å².